The van der Waals surface area contributed by atoms with Crippen LogP contribution in [0.3, 0.4) is 0 Å². The number of imidazole rings is 1. The molecule has 1 saturated heterocycles. The van der Waals surface area contributed by atoms with Crippen LogP contribution in [0.1, 0.15) is 49.4 Å². The Morgan fingerprint density at radius 1 is 0.972 bits per heavy atom. The third kappa shape index (κ3) is 5.77. The minimum atomic E-state index is -0.316. The third-order valence-corrected chi connectivity index (χ3v) is 7.44. The molecule has 188 valence electrons. The van der Waals surface area contributed by atoms with E-state index in [0.717, 1.165) is 45.6 Å². The molecule has 5 rings (SSSR count). The maximum absolute atomic E-state index is 11.9. The molecule has 0 saturated carbocycles. The van der Waals surface area contributed by atoms with Gasteiger partial charge in [0.25, 0.3) is 0 Å². The van der Waals surface area contributed by atoms with Crippen LogP contribution in [0.25, 0.3) is 26.8 Å². The molecule has 0 aliphatic carbocycles. The summed E-state index contributed by atoms with van der Waals surface area (Å²) < 4.78 is 12.9. The maximum atomic E-state index is 11.9. The van der Waals surface area contributed by atoms with Crippen molar-refractivity contribution in [2.45, 2.75) is 39.0 Å². The van der Waals surface area contributed by atoms with Gasteiger partial charge in [-0.25, -0.2) is 14.3 Å². The van der Waals surface area contributed by atoms with Gasteiger partial charge < -0.3 is 14.4 Å². The first-order chi connectivity index (χ1) is 17.7. The van der Waals surface area contributed by atoms with Crippen LogP contribution in [0.4, 0.5) is 0 Å². The van der Waals surface area contributed by atoms with Crippen molar-refractivity contribution in [3.8, 4) is 27.6 Å². The number of carbonyl (C=O) groups is 1. The van der Waals surface area contributed by atoms with E-state index < -0.39 is 0 Å². The molecule has 8 heteroatoms. The van der Waals surface area contributed by atoms with Crippen molar-refractivity contribution in [3.63, 3.8) is 0 Å². The van der Waals surface area contributed by atoms with Gasteiger partial charge in [0, 0.05) is 11.1 Å². The van der Waals surface area contributed by atoms with Gasteiger partial charge in [-0.15, -0.1) is 0 Å². The number of esters is 1. The number of unbranched alkanes of at least 4 members (excludes halogenated alkanes) is 1. The molecule has 1 fully saturated rings. The van der Waals surface area contributed by atoms with Crippen molar-refractivity contribution in [1.29, 1.82) is 0 Å². The Morgan fingerprint density at radius 3 is 2.47 bits per heavy atom. The summed E-state index contributed by atoms with van der Waals surface area (Å²) in [6.45, 7) is 6.60. The zero-order chi connectivity index (χ0) is 24.7. The van der Waals surface area contributed by atoms with Crippen molar-refractivity contribution >= 4 is 22.3 Å². The SMILES string of the molecule is CCOC(=O)c1ccc(-c2cnc3sc(-c4ccc(OCCCCN5CCCCC5)cc4)nn23)cc1. The average molecular weight is 505 g/mol. The van der Waals surface area contributed by atoms with E-state index >= 15 is 0 Å². The van der Waals surface area contributed by atoms with E-state index in [4.69, 9.17) is 14.6 Å². The first kappa shape index (κ1) is 24.5. The second kappa shape index (κ2) is 11.7. The van der Waals surface area contributed by atoms with Gasteiger partial charge in [-0.3, -0.25) is 0 Å². The molecular formula is C28H32N4O3S. The van der Waals surface area contributed by atoms with Crippen molar-refractivity contribution in [2.75, 3.05) is 32.8 Å². The van der Waals surface area contributed by atoms with Gasteiger partial charge in [-0.05, 0) is 88.6 Å². The van der Waals surface area contributed by atoms with Gasteiger partial charge in [0.2, 0.25) is 4.96 Å². The Kier molecular flexibility index (Phi) is 7.93. The highest BCUT2D eigenvalue weighted by atomic mass is 32.1. The summed E-state index contributed by atoms with van der Waals surface area (Å²) in [5.74, 6) is 0.573. The topological polar surface area (TPSA) is 69.0 Å². The molecule has 0 atom stereocenters. The van der Waals surface area contributed by atoms with E-state index in [1.165, 1.54) is 45.3 Å². The highest BCUT2D eigenvalue weighted by molar-refractivity contribution is 7.19. The van der Waals surface area contributed by atoms with Gasteiger partial charge in [0.1, 0.15) is 10.8 Å². The van der Waals surface area contributed by atoms with Crippen LogP contribution in [0, 0.1) is 0 Å². The fourth-order valence-corrected chi connectivity index (χ4v) is 5.38. The van der Waals surface area contributed by atoms with Crippen molar-refractivity contribution in [3.05, 3.63) is 60.3 Å². The van der Waals surface area contributed by atoms with Gasteiger partial charge in [-0.2, -0.15) is 5.10 Å². The molecule has 0 unspecified atom stereocenters. The summed E-state index contributed by atoms with van der Waals surface area (Å²) >= 11 is 1.55. The first-order valence-corrected chi connectivity index (χ1v) is 13.6. The Bertz CT molecular complexity index is 1270. The number of nitrogens with zero attached hydrogens (tertiary/aromatic N) is 4. The molecule has 1 aliphatic rings. The van der Waals surface area contributed by atoms with Gasteiger partial charge in [-0.1, -0.05) is 29.9 Å². The summed E-state index contributed by atoms with van der Waals surface area (Å²) in [5.41, 5.74) is 3.39. The van der Waals surface area contributed by atoms with Gasteiger partial charge in [0.15, 0.2) is 0 Å². The van der Waals surface area contributed by atoms with Crippen LogP contribution >= 0.6 is 11.3 Å². The number of rotatable bonds is 10. The van der Waals surface area contributed by atoms with E-state index in [-0.39, 0.29) is 5.97 Å². The number of likely N-dealkylation sites (tertiary alicyclic amines) is 1. The lowest BCUT2D eigenvalue weighted by atomic mass is 10.1. The van der Waals surface area contributed by atoms with E-state index in [2.05, 4.69) is 22.0 Å². The van der Waals surface area contributed by atoms with Crippen LogP contribution in [0.2, 0.25) is 0 Å². The molecule has 2 aromatic heterocycles. The monoisotopic (exact) mass is 504 g/mol. The number of piperidine rings is 1. The summed E-state index contributed by atoms with van der Waals surface area (Å²) in [4.78, 5) is 19.9. The number of aromatic nitrogens is 3. The highest BCUT2D eigenvalue weighted by Crippen LogP contribution is 2.30. The van der Waals surface area contributed by atoms with Gasteiger partial charge >= 0.3 is 5.97 Å². The van der Waals surface area contributed by atoms with Crippen LogP contribution in [-0.4, -0.2) is 58.3 Å². The minimum absolute atomic E-state index is 0.316. The summed E-state index contributed by atoms with van der Waals surface area (Å²) in [7, 11) is 0. The molecule has 2 aromatic carbocycles. The smallest absolute Gasteiger partial charge is 0.338 e. The van der Waals surface area contributed by atoms with Crippen LogP contribution in [0.5, 0.6) is 5.75 Å². The number of ether oxygens (including phenoxy) is 2. The lowest BCUT2D eigenvalue weighted by Gasteiger charge is -2.26. The first-order valence-electron chi connectivity index (χ1n) is 12.8. The predicted molar refractivity (Wildman–Crippen MR) is 143 cm³/mol. The molecule has 0 radical (unpaired) electrons. The zero-order valence-electron chi connectivity index (χ0n) is 20.7. The fraction of sp³-hybridized carbons (Fsp3) is 0.393. The largest absolute Gasteiger partial charge is 0.494 e. The van der Waals surface area contributed by atoms with Crippen molar-refractivity contribution in [2.24, 2.45) is 0 Å². The molecule has 0 bridgehead atoms. The average Bonchev–Trinajstić information content (AvgIpc) is 3.51. The number of hydrogen-bond donors (Lipinski definition) is 0. The number of fused-ring (bicyclic) bond motifs is 1. The fourth-order valence-electron chi connectivity index (χ4n) is 4.50. The second-order valence-electron chi connectivity index (χ2n) is 9.03. The molecule has 0 spiro atoms. The Balaban J connectivity index is 1.18. The van der Waals surface area contributed by atoms with Gasteiger partial charge in [0.05, 0.1) is 30.7 Å². The summed E-state index contributed by atoms with van der Waals surface area (Å²) in [5, 5.41) is 5.70. The second-order valence-corrected chi connectivity index (χ2v) is 9.98. The van der Waals surface area contributed by atoms with E-state index in [1.807, 2.05) is 35.0 Å². The Labute approximate surface area is 215 Å². The molecule has 3 heterocycles. The van der Waals surface area contributed by atoms with Crippen molar-refractivity contribution in [1.82, 2.24) is 19.5 Å². The van der Waals surface area contributed by atoms with Crippen LogP contribution in [-0.2, 0) is 4.74 Å². The molecule has 36 heavy (non-hydrogen) atoms. The third-order valence-electron chi connectivity index (χ3n) is 6.46. The molecule has 0 N–H and O–H groups in total. The lowest BCUT2D eigenvalue weighted by molar-refractivity contribution is 0.0526. The number of hydrogen-bond acceptors (Lipinski definition) is 7. The van der Waals surface area contributed by atoms with E-state index in [9.17, 15) is 4.79 Å². The molecule has 1 aliphatic heterocycles. The standard InChI is InChI=1S/C28H32N4O3S/c1-2-34-27(33)23-10-8-21(9-11-23)25-20-29-28-32(25)30-26(36-28)22-12-14-24(15-13-22)35-19-7-6-18-31-16-4-3-5-17-31/h8-15,20H,2-7,16-19H2,1H3. The Hall–Kier alpha value is -3.23. The molecule has 0 amide bonds. The predicted octanol–water partition coefficient (Wildman–Crippen LogP) is 5.95. The molecular weight excluding hydrogens is 472 g/mol. The molecule has 7 nitrogen and oxygen atoms in total. The normalized spacial score (nSPS) is 14.2. The minimum Gasteiger partial charge on any atom is -0.494 e. The van der Waals surface area contributed by atoms with Crippen molar-refractivity contribution < 1.29 is 14.3 Å². The van der Waals surface area contributed by atoms with E-state index in [0.29, 0.717) is 12.2 Å². The zero-order valence-corrected chi connectivity index (χ0v) is 21.5. The van der Waals surface area contributed by atoms with Crippen LogP contribution in [0.15, 0.2) is 54.7 Å². The quantitative estimate of drug-likeness (QED) is 0.196. The van der Waals surface area contributed by atoms with E-state index in [1.54, 1.807) is 30.4 Å². The lowest BCUT2D eigenvalue weighted by Crippen LogP contribution is -2.30. The highest BCUT2D eigenvalue weighted by Gasteiger charge is 2.14. The Morgan fingerprint density at radius 2 is 1.72 bits per heavy atom. The van der Waals surface area contributed by atoms with Crippen LogP contribution < -0.4 is 4.74 Å². The summed E-state index contributed by atoms with van der Waals surface area (Å²) in [6.07, 6.45) is 8.15. The number of benzene rings is 2. The number of carbonyl (C=O) groups excluding carboxylic acids is 1. The maximum Gasteiger partial charge on any atom is 0.338 e. The summed E-state index contributed by atoms with van der Waals surface area (Å²) in [6, 6.07) is 15.5. The molecule has 4 aromatic rings.